The van der Waals surface area contributed by atoms with Gasteiger partial charge < -0.3 is 9.64 Å². The molecule has 1 fully saturated rings. The van der Waals surface area contributed by atoms with Crippen LogP contribution in [0.4, 0.5) is 18.0 Å². The minimum atomic E-state index is -4.64. The number of sulfonamides is 1. The van der Waals surface area contributed by atoms with Crippen molar-refractivity contribution in [1.82, 2.24) is 9.21 Å². The van der Waals surface area contributed by atoms with Gasteiger partial charge in [0.25, 0.3) is 0 Å². The number of hydrogen-bond donors (Lipinski definition) is 0. The highest BCUT2D eigenvalue weighted by molar-refractivity contribution is 7.89. The van der Waals surface area contributed by atoms with Gasteiger partial charge in [0.05, 0.1) is 10.5 Å². The predicted octanol–water partition coefficient (Wildman–Crippen LogP) is 3.64. The molecular weight excluding hydrogens is 397 g/mol. The van der Waals surface area contributed by atoms with Crippen molar-refractivity contribution in [3.05, 3.63) is 29.3 Å². The molecule has 1 saturated heterocycles. The van der Waals surface area contributed by atoms with Crippen molar-refractivity contribution in [1.29, 1.82) is 0 Å². The first-order valence-electron chi connectivity index (χ1n) is 8.80. The van der Waals surface area contributed by atoms with Crippen molar-refractivity contribution < 1.29 is 31.1 Å². The summed E-state index contributed by atoms with van der Waals surface area (Å²) in [4.78, 5) is 13.3. The highest BCUT2D eigenvalue weighted by Gasteiger charge is 2.38. The first-order valence-corrected chi connectivity index (χ1v) is 10.2. The Morgan fingerprint density at radius 1 is 1.18 bits per heavy atom. The van der Waals surface area contributed by atoms with Gasteiger partial charge >= 0.3 is 12.3 Å². The number of carbonyl (C=O) groups excluding carboxylic acids is 1. The average molecular weight is 422 g/mol. The maximum atomic E-state index is 13.0. The molecule has 1 atom stereocenters. The van der Waals surface area contributed by atoms with E-state index >= 15 is 0 Å². The van der Waals surface area contributed by atoms with Crippen LogP contribution in [-0.2, 0) is 20.9 Å². The SMILES string of the molecule is Cc1ccc(C(F)(F)F)cc1S(=O)(=O)N1CCN(C(=O)OC(C)(C)C)C(C)C1. The topological polar surface area (TPSA) is 66.9 Å². The molecule has 0 N–H and O–H groups in total. The van der Waals surface area contributed by atoms with E-state index in [0.29, 0.717) is 6.07 Å². The predicted molar refractivity (Wildman–Crippen MR) is 97.3 cm³/mol. The summed E-state index contributed by atoms with van der Waals surface area (Å²) < 4.78 is 71.4. The number of alkyl halides is 3. The largest absolute Gasteiger partial charge is 0.444 e. The van der Waals surface area contributed by atoms with E-state index in [-0.39, 0.29) is 30.1 Å². The molecule has 1 unspecified atom stereocenters. The molecule has 1 aliphatic heterocycles. The Morgan fingerprint density at radius 3 is 2.29 bits per heavy atom. The third kappa shape index (κ3) is 4.96. The first kappa shape index (κ1) is 22.5. The van der Waals surface area contributed by atoms with Gasteiger partial charge in [0.15, 0.2) is 0 Å². The molecule has 1 aromatic carbocycles. The molecule has 158 valence electrons. The lowest BCUT2D eigenvalue weighted by Gasteiger charge is -2.39. The smallest absolute Gasteiger partial charge is 0.416 e. The lowest BCUT2D eigenvalue weighted by Crippen LogP contribution is -2.56. The van der Waals surface area contributed by atoms with Crippen LogP contribution in [0, 0.1) is 6.92 Å². The van der Waals surface area contributed by atoms with Gasteiger partial charge in [0, 0.05) is 25.7 Å². The zero-order valence-corrected chi connectivity index (χ0v) is 17.3. The summed E-state index contributed by atoms with van der Waals surface area (Å²) in [6.45, 7) is 8.34. The summed E-state index contributed by atoms with van der Waals surface area (Å²) in [6.07, 6.45) is -5.19. The average Bonchev–Trinajstić information content (AvgIpc) is 2.52. The Labute approximate surface area is 163 Å². The number of rotatable bonds is 2. The van der Waals surface area contributed by atoms with Crippen LogP contribution in [0.25, 0.3) is 0 Å². The van der Waals surface area contributed by atoms with E-state index in [1.165, 1.54) is 11.8 Å². The van der Waals surface area contributed by atoms with Crippen molar-refractivity contribution in [2.24, 2.45) is 0 Å². The number of ether oxygens (including phenoxy) is 1. The van der Waals surface area contributed by atoms with Crippen molar-refractivity contribution in [2.45, 2.75) is 57.3 Å². The zero-order chi connectivity index (χ0) is 21.5. The number of halogens is 3. The van der Waals surface area contributed by atoms with Crippen LogP contribution in [0.3, 0.4) is 0 Å². The molecular formula is C18H25F3N2O4S. The second-order valence-corrected chi connectivity index (χ2v) is 9.77. The summed E-state index contributed by atoms with van der Waals surface area (Å²) in [7, 11) is -4.14. The van der Waals surface area contributed by atoms with E-state index in [0.717, 1.165) is 16.4 Å². The molecule has 1 heterocycles. The summed E-state index contributed by atoms with van der Waals surface area (Å²) >= 11 is 0. The fraction of sp³-hybridized carbons (Fsp3) is 0.611. The van der Waals surface area contributed by atoms with Gasteiger partial charge in [-0.1, -0.05) is 6.07 Å². The maximum Gasteiger partial charge on any atom is 0.416 e. The third-order valence-corrected chi connectivity index (χ3v) is 6.36. The van der Waals surface area contributed by atoms with Crippen LogP contribution in [0.5, 0.6) is 0 Å². The van der Waals surface area contributed by atoms with Gasteiger partial charge in [0.1, 0.15) is 5.60 Å². The number of carbonyl (C=O) groups is 1. The highest BCUT2D eigenvalue weighted by Crippen LogP contribution is 2.33. The monoisotopic (exact) mass is 422 g/mol. The number of benzene rings is 1. The Bertz CT molecular complexity index is 847. The number of aryl methyl sites for hydroxylation is 1. The van der Waals surface area contributed by atoms with E-state index in [2.05, 4.69) is 0 Å². The molecule has 6 nitrogen and oxygen atoms in total. The highest BCUT2D eigenvalue weighted by atomic mass is 32.2. The summed E-state index contributed by atoms with van der Waals surface area (Å²) in [6, 6.07) is 2.19. The lowest BCUT2D eigenvalue weighted by molar-refractivity contribution is -0.137. The molecule has 1 aromatic rings. The molecule has 28 heavy (non-hydrogen) atoms. The van der Waals surface area contributed by atoms with Gasteiger partial charge in [0.2, 0.25) is 10.0 Å². The molecule has 0 spiro atoms. The number of piperazine rings is 1. The first-order chi connectivity index (χ1) is 12.6. The van der Waals surface area contributed by atoms with Gasteiger partial charge in [-0.2, -0.15) is 17.5 Å². The molecule has 0 aromatic heterocycles. The Hall–Kier alpha value is -1.81. The number of nitrogens with zero attached hydrogens (tertiary/aromatic N) is 2. The fourth-order valence-electron chi connectivity index (χ4n) is 2.93. The van der Waals surface area contributed by atoms with Crippen molar-refractivity contribution in [3.63, 3.8) is 0 Å². The molecule has 1 aliphatic rings. The molecule has 0 saturated carbocycles. The quantitative estimate of drug-likeness (QED) is 0.730. The van der Waals surface area contributed by atoms with Crippen molar-refractivity contribution >= 4 is 16.1 Å². The molecule has 10 heteroatoms. The van der Waals surface area contributed by atoms with E-state index in [1.54, 1.807) is 27.7 Å². The van der Waals surface area contributed by atoms with Crippen LogP contribution in [0.15, 0.2) is 23.1 Å². The second-order valence-electron chi connectivity index (χ2n) is 7.86. The van der Waals surface area contributed by atoms with Gasteiger partial charge in [-0.3, -0.25) is 0 Å². The fourth-order valence-corrected chi connectivity index (χ4v) is 4.69. The minimum Gasteiger partial charge on any atom is -0.444 e. The molecule has 0 aliphatic carbocycles. The summed E-state index contributed by atoms with van der Waals surface area (Å²) in [5.74, 6) is 0. The zero-order valence-electron chi connectivity index (χ0n) is 16.5. The molecule has 2 rings (SSSR count). The third-order valence-electron chi connectivity index (χ3n) is 4.35. The van der Waals surface area contributed by atoms with Gasteiger partial charge in [-0.05, 0) is 52.3 Å². The lowest BCUT2D eigenvalue weighted by atomic mass is 10.1. The molecule has 0 bridgehead atoms. The maximum absolute atomic E-state index is 13.0. The summed E-state index contributed by atoms with van der Waals surface area (Å²) in [5, 5.41) is 0. The standard InChI is InChI=1S/C18H25F3N2O4S/c1-12-6-7-14(18(19,20)21)10-15(12)28(25,26)22-8-9-23(13(2)11-22)16(24)27-17(3,4)5/h6-7,10,13H,8-9,11H2,1-5H3. The van der Waals surface area contributed by atoms with Gasteiger partial charge in [-0.15, -0.1) is 0 Å². The van der Waals surface area contributed by atoms with E-state index in [4.69, 9.17) is 4.74 Å². The second kappa shape index (κ2) is 7.55. The van der Waals surface area contributed by atoms with Crippen molar-refractivity contribution in [2.75, 3.05) is 19.6 Å². The van der Waals surface area contributed by atoms with Crippen molar-refractivity contribution in [3.8, 4) is 0 Å². The Balaban J connectivity index is 2.24. The van der Waals surface area contributed by atoms with Crippen LogP contribution in [0.2, 0.25) is 0 Å². The number of hydrogen-bond acceptors (Lipinski definition) is 4. The normalized spacial score (nSPS) is 19.6. The van der Waals surface area contributed by atoms with E-state index < -0.39 is 39.5 Å². The van der Waals surface area contributed by atoms with Gasteiger partial charge in [-0.25, -0.2) is 13.2 Å². The number of amides is 1. The van der Waals surface area contributed by atoms with Crippen LogP contribution < -0.4 is 0 Å². The Kier molecular flexibility index (Phi) is 6.06. The van der Waals surface area contributed by atoms with Crippen LogP contribution >= 0.6 is 0 Å². The van der Waals surface area contributed by atoms with Crippen LogP contribution in [-0.4, -0.2) is 55.0 Å². The van der Waals surface area contributed by atoms with Crippen LogP contribution in [0.1, 0.15) is 38.8 Å². The molecule has 1 amide bonds. The van der Waals surface area contributed by atoms with E-state index in [9.17, 15) is 26.4 Å². The Morgan fingerprint density at radius 2 is 1.79 bits per heavy atom. The summed E-state index contributed by atoms with van der Waals surface area (Å²) in [5.41, 5.74) is -1.47. The minimum absolute atomic E-state index is 0.0262. The van der Waals surface area contributed by atoms with E-state index in [1.807, 2.05) is 0 Å². The molecule has 0 radical (unpaired) electrons.